The molecule has 0 fully saturated rings. The molecule has 2 N–H and O–H groups in total. The SMILES string of the molecule is CN(C)c1cccc2c(S(N)(=O)=O)cccc12.[Na]. The Morgan fingerprint density at radius 2 is 1.56 bits per heavy atom. The van der Waals surface area contributed by atoms with Gasteiger partial charge in [-0.05, 0) is 12.1 Å². The Morgan fingerprint density at radius 3 is 2.11 bits per heavy atom. The molecule has 0 heterocycles. The first-order valence-electron chi connectivity index (χ1n) is 5.13. The van der Waals surface area contributed by atoms with Crippen LogP contribution >= 0.6 is 0 Å². The van der Waals surface area contributed by atoms with Crippen molar-refractivity contribution in [1.82, 2.24) is 0 Å². The Balaban J connectivity index is 0.00000162. The van der Waals surface area contributed by atoms with Crippen LogP contribution in [0.25, 0.3) is 10.8 Å². The minimum atomic E-state index is -3.69. The molecule has 0 spiro atoms. The Labute approximate surface area is 129 Å². The fraction of sp³-hybridized carbons (Fsp3) is 0.167. The van der Waals surface area contributed by atoms with E-state index < -0.39 is 10.0 Å². The first kappa shape index (κ1) is 15.5. The van der Waals surface area contributed by atoms with E-state index in [1.807, 2.05) is 37.2 Å². The van der Waals surface area contributed by atoms with Crippen LogP contribution in [0.2, 0.25) is 0 Å². The van der Waals surface area contributed by atoms with Gasteiger partial charge in [0.2, 0.25) is 10.0 Å². The average molecular weight is 273 g/mol. The first-order chi connectivity index (χ1) is 7.91. The topological polar surface area (TPSA) is 63.4 Å². The standard InChI is InChI=1S/C12H14N2O2S.Na/c1-14(2)11-7-3-6-10-9(11)5-4-8-12(10)17(13,15)16;/h3-8H,1-2H3,(H2,13,15,16);. The number of hydrogen-bond donors (Lipinski definition) is 1. The van der Waals surface area contributed by atoms with Gasteiger partial charge in [-0.25, -0.2) is 13.6 Å². The Hall–Kier alpha value is -0.590. The molecule has 4 nitrogen and oxygen atoms in total. The van der Waals surface area contributed by atoms with Crippen LogP contribution in [-0.2, 0) is 10.0 Å². The molecule has 0 saturated heterocycles. The van der Waals surface area contributed by atoms with Crippen molar-refractivity contribution in [3.8, 4) is 0 Å². The second-order valence-electron chi connectivity index (χ2n) is 4.07. The molecule has 0 aliphatic rings. The summed E-state index contributed by atoms with van der Waals surface area (Å²) < 4.78 is 23.0. The summed E-state index contributed by atoms with van der Waals surface area (Å²) >= 11 is 0. The molecule has 6 heteroatoms. The van der Waals surface area contributed by atoms with Gasteiger partial charge in [0, 0.05) is 60.1 Å². The zero-order chi connectivity index (χ0) is 12.6. The minimum Gasteiger partial charge on any atom is -0.377 e. The number of fused-ring (bicyclic) bond motifs is 1. The van der Waals surface area contributed by atoms with Gasteiger partial charge in [-0.15, -0.1) is 0 Å². The molecule has 0 aromatic heterocycles. The van der Waals surface area contributed by atoms with E-state index >= 15 is 0 Å². The van der Waals surface area contributed by atoms with Crippen molar-refractivity contribution in [1.29, 1.82) is 0 Å². The van der Waals surface area contributed by atoms with Crippen molar-refractivity contribution >= 4 is 56.0 Å². The predicted molar refractivity (Wildman–Crippen MR) is 75.4 cm³/mol. The monoisotopic (exact) mass is 273 g/mol. The smallest absolute Gasteiger partial charge is 0.238 e. The van der Waals surface area contributed by atoms with Gasteiger partial charge in [0.05, 0.1) is 4.90 Å². The molecule has 0 unspecified atom stereocenters. The van der Waals surface area contributed by atoms with Gasteiger partial charge in [-0.1, -0.05) is 24.3 Å². The number of sulfonamides is 1. The van der Waals surface area contributed by atoms with E-state index in [4.69, 9.17) is 5.14 Å². The number of nitrogens with zero attached hydrogens (tertiary/aromatic N) is 1. The van der Waals surface area contributed by atoms with Gasteiger partial charge in [0.1, 0.15) is 0 Å². The van der Waals surface area contributed by atoms with Gasteiger partial charge in [-0.3, -0.25) is 0 Å². The first-order valence-corrected chi connectivity index (χ1v) is 6.68. The summed E-state index contributed by atoms with van der Waals surface area (Å²) in [6.07, 6.45) is 0. The molecule has 91 valence electrons. The number of nitrogens with two attached hydrogens (primary N) is 1. The zero-order valence-corrected chi connectivity index (χ0v) is 13.5. The summed E-state index contributed by atoms with van der Waals surface area (Å²) in [5.41, 5.74) is 0.966. The Kier molecular flexibility index (Phi) is 4.80. The van der Waals surface area contributed by atoms with Crippen molar-refractivity contribution < 1.29 is 8.42 Å². The summed E-state index contributed by atoms with van der Waals surface area (Å²) in [6, 6.07) is 10.6. The minimum absolute atomic E-state index is 0. The summed E-state index contributed by atoms with van der Waals surface area (Å²) in [5, 5.41) is 6.74. The summed E-state index contributed by atoms with van der Waals surface area (Å²) in [6.45, 7) is 0. The maximum absolute atomic E-state index is 11.5. The third-order valence-electron chi connectivity index (χ3n) is 2.65. The Bertz CT molecular complexity index is 669. The molecule has 0 amide bonds. The zero-order valence-electron chi connectivity index (χ0n) is 10.7. The molecule has 2 aromatic rings. The van der Waals surface area contributed by atoms with Crippen LogP contribution in [0.1, 0.15) is 0 Å². The van der Waals surface area contributed by atoms with Crippen molar-refractivity contribution in [2.75, 3.05) is 19.0 Å². The van der Waals surface area contributed by atoms with E-state index in [0.29, 0.717) is 5.39 Å². The number of hydrogen-bond acceptors (Lipinski definition) is 3. The van der Waals surface area contributed by atoms with Gasteiger partial charge in [0.25, 0.3) is 0 Å². The molecule has 0 saturated carbocycles. The number of rotatable bonds is 2. The normalized spacial score (nSPS) is 11.1. The second-order valence-corrected chi connectivity index (χ2v) is 5.60. The molecule has 18 heavy (non-hydrogen) atoms. The average Bonchev–Trinajstić information content (AvgIpc) is 2.26. The van der Waals surface area contributed by atoms with Crippen LogP contribution < -0.4 is 10.0 Å². The largest absolute Gasteiger partial charge is 0.377 e. The fourth-order valence-corrected chi connectivity index (χ4v) is 2.66. The maximum Gasteiger partial charge on any atom is 0.238 e. The van der Waals surface area contributed by atoms with Crippen LogP contribution in [0.15, 0.2) is 41.3 Å². The van der Waals surface area contributed by atoms with Crippen LogP contribution in [0, 0.1) is 0 Å². The third kappa shape index (κ3) is 2.87. The summed E-state index contributed by atoms with van der Waals surface area (Å²) in [7, 11) is 0.140. The van der Waals surface area contributed by atoms with Crippen LogP contribution in [0.3, 0.4) is 0 Å². The van der Waals surface area contributed by atoms with Gasteiger partial charge < -0.3 is 4.90 Å². The van der Waals surface area contributed by atoms with Crippen LogP contribution in [-0.4, -0.2) is 52.1 Å². The van der Waals surface area contributed by atoms with Crippen molar-refractivity contribution in [3.05, 3.63) is 36.4 Å². The van der Waals surface area contributed by atoms with E-state index in [2.05, 4.69) is 0 Å². The number of primary sulfonamides is 1. The quantitative estimate of drug-likeness (QED) is 0.835. The molecule has 1 radical (unpaired) electrons. The van der Waals surface area contributed by atoms with Crippen LogP contribution in [0.4, 0.5) is 5.69 Å². The molecule has 2 aromatic carbocycles. The van der Waals surface area contributed by atoms with Crippen molar-refractivity contribution in [3.63, 3.8) is 0 Å². The molecular formula is C12H14N2NaO2S. The molecule has 0 atom stereocenters. The van der Waals surface area contributed by atoms with E-state index in [1.165, 1.54) is 6.07 Å². The molecular weight excluding hydrogens is 259 g/mol. The molecule has 0 aliphatic heterocycles. The predicted octanol–water partition coefficient (Wildman–Crippen LogP) is 1.17. The van der Waals surface area contributed by atoms with E-state index in [-0.39, 0.29) is 34.5 Å². The Morgan fingerprint density at radius 1 is 1.00 bits per heavy atom. The molecule has 0 bridgehead atoms. The molecule has 0 aliphatic carbocycles. The van der Waals surface area contributed by atoms with Gasteiger partial charge in [0.15, 0.2) is 0 Å². The maximum atomic E-state index is 11.5. The summed E-state index contributed by atoms with van der Waals surface area (Å²) in [5.74, 6) is 0. The van der Waals surface area contributed by atoms with Crippen molar-refractivity contribution in [2.24, 2.45) is 5.14 Å². The number of anilines is 1. The van der Waals surface area contributed by atoms with E-state index in [0.717, 1.165) is 11.1 Å². The van der Waals surface area contributed by atoms with Gasteiger partial charge >= 0.3 is 0 Å². The van der Waals surface area contributed by atoms with Crippen molar-refractivity contribution in [2.45, 2.75) is 4.90 Å². The van der Waals surface area contributed by atoms with Crippen LogP contribution in [0.5, 0.6) is 0 Å². The molecule has 2 rings (SSSR count). The van der Waals surface area contributed by atoms with E-state index in [1.54, 1.807) is 12.1 Å². The second kappa shape index (κ2) is 5.59. The summed E-state index contributed by atoms with van der Waals surface area (Å²) in [4.78, 5) is 2.11. The number of benzene rings is 2. The third-order valence-corrected chi connectivity index (χ3v) is 3.62. The van der Waals surface area contributed by atoms with E-state index in [9.17, 15) is 8.42 Å². The van der Waals surface area contributed by atoms with Gasteiger partial charge in [-0.2, -0.15) is 0 Å². The fourth-order valence-electron chi connectivity index (χ4n) is 1.90.